The molecule has 57 heavy (non-hydrogen) atoms. The smallest absolute Gasteiger partial charge is 0.0544 e. The molecule has 0 atom stereocenters. The molecule has 0 aliphatic carbocycles. The van der Waals surface area contributed by atoms with Crippen molar-refractivity contribution in [3.63, 3.8) is 0 Å². The molecule has 0 fully saturated rings. The molecular weight excluding hydrogens is 693 g/mol. The fraction of sp³-hybridized carbons (Fsp3) is 0.0189. The second kappa shape index (κ2) is 13.1. The van der Waals surface area contributed by atoms with Crippen LogP contribution in [0.2, 0.25) is 0 Å². The molecule has 12 aromatic rings. The number of nitrogens with two attached hydrogens (primary N) is 1. The molecule has 3 aromatic heterocycles. The number of nitrogens with zero attached hydrogens (tertiary/aromatic N) is 2. The molecule has 0 aliphatic heterocycles. The fourth-order valence-corrected chi connectivity index (χ4v) is 9.07. The van der Waals surface area contributed by atoms with E-state index in [0.717, 1.165) is 11.2 Å². The molecule has 4 nitrogen and oxygen atoms in total. The van der Waals surface area contributed by atoms with E-state index in [-0.39, 0.29) is 0 Å². The van der Waals surface area contributed by atoms with Gasteiger partial charge in [-0.15, -0.1) is 0 Å². The molecule has 0 saturated heterocycles. The molecule has 0 amide bonds. The molecule has 0 unspecified atom stereocenters. The minimum absolute atomic E-state index is 1.16. The highest BCUT2D eigenvalue weighted by atomic mass is 15.0. The van der Waals surface area contributed by atoms with Gasteiger partial charge in [-0.2, -0.15) is 0 Å². The van der Waals surface area contributed by atoms with Crippen LogP contribution in [0.4, 0.5) is 0 Å². The van der Waals surface area contributed by atoms with Crippen LogP contribution in [-0.4, -0.2) is 21.2 Å². The Hall–Kier alpha value is -7.40. The van der Waals surface area contributed by atoms with Crippen LogP contribution in [0.3, 0.4) is 0 Å². The highest BCUT2D eigenvalue weighted by Crippen LogP contribution is 2.40. The summed E-state index contributed by atoms with van der Waals surface area (Å²) in [5.41, 5.74) is 18.8. The fourth-order valence-electron chi connectivity index (χ4n) is 9.07. The molecule has 0 saturated carbocycles. The van der Waals surface area contributed by atoms with Crippen LogP contribution < -0.4 is 5.73 Å². The van der Waals surface area contributed by atoms with Gasteiger partial charge in [-0.25, -0.2) is 0 Å². The van der Waals surface area contributed by atoms with Crippen LogP contribution in [-0.2, 0) is 0 Å². The first-order valence-corrected chi connectivity index (χ1v) is 19.5. The first-order valence-electron chi connectivity index (χ1n) is 19.5. The van der Waals surface area contributed by atoms with E-state index < -0.39 is 0 Å². The molecule has 0 bridgehead atoms. The second-order valence-corrected chi connectivity index (χ2v) is 14.6. The maximum atomic E-state index is 4.50. The number of aromatic nitrogens is 3. The van der Waals surface area contributed by atoms with Crippen LogP contribution in [0.25, 0.3) is 110 Å². The molecule has 4 heteroatoms. The van der Waals surface area contributed by atoms with Crippen LogP contribution in [0, 0.1) is 0 Å². The zero-order valence-electron chi connectivity index (χ0n) is 31.4. The Bertz CT molecular complexity index is 3480. The van der Waals surface area contributed by atoms with Gasteiger partial charge in [0.1, 0.15) is 0 Å². The van der Waals surface area contributed by atoms with Gasteiger partial charge in [-0.05, 0) is 114 Å². The maximum absolute atomic E-state index is 4.50. The Labute approximate surface area is 329 Å². The van der Waals surface area contributed by atoms with E-state index in [9.17, 15) is 0 Å². The van der Waals surface area contributed by atoms with Crippen molar-refractivity contribution in [1.29, 1.82) is 0 Å². The second-order valence-electron chi connectivity index (χ2n) is 14.6. The van der Waals surface area contributed by atoms with Gasteiger partial charge >= 0.3 is 0 Å². The van der Waals surface area contributed by atoms with Gasteiger partial charge in [0.25, 0.3) is 0 Å². The molecule has 3 heterocycles. The largest absolute Gasteiger partial charge is 0.354 e. The highest BCUT2D eigenvalue weighted by molar-refractivity contribution is 6.18. The Morgan fingerprint density at radius 3 is 1.35 bits per heavy atom. The third-order valence-electron chi connectivity index (χ3n) is 11.6. The molecule has 3 N–H and O–H groups in total. The minimum Gasteiger partial charge on any atom is -0.354 e. The van der Waals surface area contributed by atoms with Crippen LogP contribution in [0.1, 0.15) is 0 Å². The van der Waals surface area contributed by atoms with Gasteiger partial charge < -0.3 is 19.9 Å². The molecule has 12 rings (SSSR count). The lowest BCUT2D eigenvalue weighted by Crippen LogP contribution is -1.93. The topological polar surface area (TPSA) is 51.7 Å². The van der Waals surface area contributed by atoms with E-state index in [1.807, 2.05) is 0 Å². The van der Waals surface area contributed by atoms with Crippen molar-refractivity contribution in [3.05, 3.63) is 194 Å². The molecule has 0 spiro atoms. The zero-order chi connectivity index (χ0) is 38.0. The van der Waals surface area contributed by atoms with Crippen molar-refractivity contribution in [2.45, 2.75) is 0 Å². The molecule has 270 valence electrons. The van der Waals surface area contributed by atoms with Crippen molar-refractivity contribution in [3.8, 4) is 33.6 Å². The van der Waals surface area contributed by atoms with Gasteiger partial charge in [0.2, 0.25) is 0 Å². The van der Waals surface area contributed by atoms with Gasteiger partial charge in [0.05, 0.1) is 27.6 Å². The lowest BCUT2D eigenvalue weighted by atomic mass is 9.98. The third kappa shape index (κ3) is 5.12. The average Bonchev–Trinajstić information content (AvgIpc) is 3.94. The number of rotatable bonds is 4. The number of nitrogens with one attached hydrogen (secondary N) is 1. The Balaban J connectivity index is 0.00000184. The van der Waals surface area contributed by atoms with E-state index >= 15 is 0 Å². The first kappa shape index (κ1) is 33.0. The number of fused-ring (bicyclic) bond motifs is 11. The summed E-state index contributed by atoms with van der Waals surface area (Å²) in [6.45, 7) is 0. The third-order valence-corrected chi connectivity index (χ3v) is 11.6. The van der Waals surface area contributed by atoms with E-state index in [1.54, 1.807) is 0 Å². The van der Waals surface area contributed by atoms with Crippen LogP contribution >= 0.6 is 0 Å². The van der Waals surface area contributed by atoms with Crippen LogP contribution in [0.5, 0.6) is 0 Å². The molecule has 0 aliphatic rings. The number of H-pyrrole nitrogens is 1. The summed E-state index contributed by atoms with van der Waals surface area (Å²) >= 11 is 0. The van der Waals surface area contributed by atoms with Crippen molar-refractivity contribution >= 4 is 76.2 Å². The molecular formula is C53H38N4. The number of aromatic amines is 1. The van der Waals surface area contributed by atoms with Gasteiger partial charge in [0.15, 0.2) is 0 Å². The van der Waals surface area contributed by atoms with E-state index in [0.29, 0.717) is 0 Å². The Morgan fingerprint density at radius 2 is 0.772 bits per heavy atom. The zero-order valence-corrected chi connectivity index (χ0v) is 31.4. The van der Waals surface area contributed by atoms with Gasteiger partial charge in [0, 0.05) is 54.6 Å². The number of hydrogen-bond acceptors (Lipinski definition) is 1. The minimum atomic E-state index is 1.16. The monoisotopic (exact) mass is 730 g/mol. The van der Waals surface area contributed by atoms with Gasteiger partial charge in [-0.3, -0.25) is 0 Å². The lowest BCUT2D eigenvalue weighted by Gasteiger charge is -2.09. The van der Waals surface area contributed by atoms with Crippen LogP contribution in [0.15, 0.2) is 194 Å². The summed E-state index contributed by atoms with van der Waals surface area (Å²) in [5, 5.41) is 10.0. The number of benzene rings is 9. The molecule has 9 aromatic carbocycles. The normalized spacial score (nSPS) is 11.7. The summed E-state index contributed by atoms with van der Waals surface area (Å²) in [6, 6.07) is 71.0. The summed E-state index contributed by atoms with van der Waals surface area (Å²) in [6.07, 6.45) is 0. The number of hydrogen-bond donors (Lipinski definition) is 2. The summed E-state index contributed by atoms with van der Waals surface area (Å²) in [4.78, 5) is 3.72. The van der Waals surface area contributed by atoms with E-state index in [1.165, 1.54) is 106 Å². The predicted molar refractivity (Wildman–Crippen MR) is 243 cm³/mol. The number of para-hydroxylation sites is 3. The van der Waals surface area contributed by atoms with Gasteiger partial charge in [-0.1, -0.05) is 115 Å². The van der Waals surface area contributed by atoms with Crippen molar-refractivity contribution < 1.29 is 0 Å². The SMILES string of the molecule is CN.c1ccc(-n2c3ccccc3c3cc(-c4ccc5c(c4)c4cc(-c6ccc7[nH]c8c9ccccc9ccc8c7c6)ccc4n5-c4ccccc4)ccc32)cc1. The standard InChI is InChI=1S/C52H33N3.CH5N/c1-3-12-38(13-4-1)54-48-18-10-9-17-41(48)44-30-35(21-26-49(44)54)37-23-28-51-46(32-37)45-31-36(22-27-50(45)55(51)39-14-5-2-6-15-39)34-20-25-47-43(29-34)42-24-19-33-11-7-8-16-40(33)52(42)53-47;1-2/h1-32,53H;2H2,1H3. The van der Waals surface area contributed by atoms with Crippen molar-refractivity contribution in [1.82, 2.24) is 14.1 Å². The Morgan fingerprint density at radius 1 is 0.333 bits per heavy atom. The average molecular weight is 731 g/mol. The van der Waals surface area contributed by atoms with Crippen molar-refractivity contribution in [2.75, 3.05) is 7.05 Å². The van der Waals surface area contributed by atoms with E-state index in [4.69, 9.17) is 0 Å². The predicted octanol–water partition coefficient (Wildman–Crippen LogP) is 13.6. The highest BCUT2D eigenvalue weighted by Gasteiger charge is 2.17. The first-order chi connectivity index (χ1) is 28.3. The van der Waals surface area contributed by atoms with Crippen molar-refractivity contribution in [2.24, 2.45) is 5.73 Å². The molecule has 0 radical (unpaired) electrons. The van der Waals surface area contributed by atoms with E-state index in [2.05, 4.69) is 214 Å². The quantitative estimate of drug-likeness (QED) is 0.186. The summed E-state index contributed by atoms with van der Waals surface area (Å²) < 4.78 is 4.78. The Kier molecular flexibility index (Phi) is 7.59. The lowest BCUT2D eigenvalue weighted by molar-refractivity contribution is 1.18. The maximum Gasteiger partial charge on any atom is 0.0544 e. The summed E-state index contributed by atoms with van der Waals surface area (Å²) in [5.74, 6) is 0. The summed E-state index contributed by atoms with van der Waals surface area (Å²) in [7, 11) is 1.50.